The van der Waals surface area contributed by atoms with E-state index in [4.69, 9.17) is 10.4 Å². The van der Waals surface area contributed by atoms with Crippen LogP contribution >= 0.6 is 0 Å². The molecule has 0 spiro atoms. The first kappa shape index (κ1) is 18.5. The fourth-order valence-corrected chi connectivity index (χ4v) is 0.818. The van der Waals surface area contributed by atoms with Crippen LogP contribution in [0.4, 0.5) is 5.82 Å². The van der Waals surface area contributed by atoms with Gasteiger partial charge in [0.25, 0.3) is 0 Å². The number of rotatable bonds is 4. The minimum atomic E-state index is -2.50. The Bertz CT molecular complexity index is 415. The number of nitrogens with two attached hydrogens (primary N) is 2. The lowest BCUT2D eigenvalue weighted by Gasteiger charge is -1.96. The Kier molecular flexibility index (Phi) is 9.01. The molecule has 0 aliphatic carbocycles. The molecule has 0 saturated carbocycles. The zero-order valence-electron chi connectivity index (χ0n) is 8.81. The molecule has 1 aromatic heterocycles. The maximum Gasteiger partial charge on any atom is 0.503 e. The van der Waals surface area contributed by atoms with Gasteiger partial charge in [-0.2, -0.15) is 0 Å². The summed E-state index contributed by atoms with van der Waals surface area (Å²) in [7, 11) is 0. The number of aromatic nitrogens is 3. The molecule has 0 radical (unpaired) electrons. The van der Waals surface area contributed by atoms with Crippen LogP contribution in [0.3, 0.4) is 0 Å². The summed E-state index contributed by atoms with van der Waals surface area (Å²) < 4.78 is 0. The third-order valence-corrected chi connectivity index (χ3v) is 1.37. The van der Waals surface area contributed by atoms with Crippen LogP contribution in [0.15, 0.2) is 0 Å². The summed E-state index contributed by atoms with van der Waals surface area (Å²) in [5.74, 6) is 5.97. The molecule has 0 fully saturated rings. The summed E-state index contributed by atoms with van der Waals surface area (Å²) >= 11 is 0. The molecule has 7 N–H and O–H groups in total. The van der Waals surface area contributed by atoms with E-state index < -0.39 is 32.4 Å². The van der Waals surface area contributed by atoms with E-state index in [0.717, 1.165) is 0 Å². The summed E-state index contributed by atoms with van der Waals surface area (Å²) in [6.45, 7) is 0. The van der Waals surface area contributed by atoms with Crippen molar-refractivity contribution in [2.45, 2.75) is 6.17 Å². The highest BCUT2D eigenvalue weighted by molar-refractivity contribution is 5.23. The molecule has 1 heterocycles. The predicted octanol–water partition coefficient (Wildman–Crippen LogP) is -2.07. The van der Waals surface area contributed by atoms with Gasteiger partial charge in [-0.3, -0.25) is 20.2 Å². The first-order valence-corrected chi connectivity index (χ1v) is 3.78. The molecular weight excluding hydrogens is 276 g/mol. The lowest BCUT2D eigenvalue weighted by Crippen LogP contribution is -2.21. The van der Waals surface area contributed by atoms with Gasteiger partial charge >= 0.3 is 17.7 Å². The maximum absolute atomic E-state index is 10.3. The minimum Gasteiger partial charge on any atom is -0.358 e. The quantitative estimate of drug-likeness (QED) is 0.226. The molecule has 0 aromatic carbocycles. The molecule has 108 valence electrons. The topological polar surface area (TPSA) is 263 Å². The molecule has 0 atom stereocenters. The Morgan fingerprint density at radius 2 is 1.42 bits per heavy atom. The van der Waals surface area contributed by atoms with E-state index in [1.807, 2.05) is 0 Å². The number of nitrogens with zero attached hydrogens (tertiary/aromatic N) is 5. The van der Waals surface area contributed by atoms with E-state index in [-0.39, 0.29) is 0 Å². The van der Waals surface area contributed by atoms with Crippen molar-refractivity contribution < 1.29 is 25.2 Å². The number of nitro groups is 3. The molecule has 1 rings (SSSR count). The molecule has 0 aliphatic rings. The van der Waals surface area contributed by atoms with Gasteiger partial charge in [0.1, 0.15) is 9.85 Å². The summed E-state index contributed by atoms with van der Waals surface area (Å²) in [5, 5.41) is 51.5. The van der Waals surface area contributed by atoms with E-state index in [1.165, 1.54) is 0 Å². The van der Waals surface area contributed by atoms with Gasteiger partial charge in [0.2, 0.25) is 0 Å². The van der Waals surface area contributed by atoms with E-state index in [9.17, 15) is 30.3 Å². The Balaban J connectivity index is 0. The minimum absolute atomic E-state index is 0.935. The maximum atomic E-state index is 10.3. The van der Waals surface area contributed by atoms with Crippen LogP contribution in [0.2, 0.25) is 0 Å². The normalized spacial score (nSPS) is 8.68. The van der Waals surface area contributed by atoms with Crippen LogP contribution in [0, 0.1) is 30.3 Å². The van der Waals surface area contributed by atoms with Crippen LogP contribution < -0.4 is 11.8 Å². The number of nitrogens with one attached hydrogen (secondary N) is 1. The Morgan fingerprint density at radius 3 is 1.74 bits per heavy atom. The van der Waals surface area contributed by atoms with E-state index >= 15 is 0 Å². The van der Waals surface area contributed by atoms with Crippen LogP contribution in [0.5, 0.6) is 0 Å². The molecule has 0 bridgehead atoms. The predicted molar refractivity (Wildman–Crippen MR) is 51.7 cm³/mol. The smallest absolute Gasteiger partial charge is 0.358 e. The number of aromatic amines is 1. The molecule has 19 heavy (non-hydrogen) atoms. The standard InChI is InChI=1S/C3H2N6O6.2H3NO/c10-7(11)2-1(4-6-5-2)3(8(12)13)9(14)15;2*1-2/h3H,(H,4,5,6);2*2H,1H2. The van der Waals surface area contributed by atoms with Crippen LogP contribution in [0.25, 0.3) is 0 Å². The van der Waals surface area contributed by atoms with Crippen molar-refractivity contribution in [2.75, 3.05) is 0 Å². The van der Waals surface area contributed by atoms with Crippen LogP contribution in [-0.4, -0.2) is 40.6 Å². The lowest BCUT2D eigenvalue weighted by molar-refractivity contribution is -0.753. The fourth-order valence-electron chi connectivity index (χ4n) is 0.818. The molecule has 0 aliphatic heterocycles. The highest BCUT2D eigenvalue weighted by atomic mass is 16.7. The van der Waals surface area contributed by atoms with Crippen molar-refractivity contribution in [3.8, 4) is 0 Å². The molecular formula is C3H8N8O8. The molecule has 1 aromatic rings. The SMILES string of the molecule is NO.NO.O=[N+]([O-])c1n[nH]nc1C([N+](=O)[O-])[N+](=O)[O-]. The van der Waals surface area contributed by atoms with Crippen molar-refractivity contribution in [3.63, 3.8) is 0 Å². The second-order valence-electron chi connectivity index (χ2n) is 2.23. The molecule has 16 heteroatoms. The van der Waals surface area contributed by atoms with E-state index in [2.05, 4.69) is 22.0 Å². The van der Waals surface area contributed by atoms with Gasteiger partial charge in [-0.1, -0.05) is 0 Å². The van der Waals surface area contributed by atoms with Crippen molar-refractivity contribution in [3.05, 3.63) is 36.0 Å². The van der Waals surface area contributed by atoms with Gasteiger partial charge in [0, 0.05) is 0 Å². The third-order valence-electron chi connectivity index (χ3n) is 1.37. The molecule has 16 nitrogen and oxygen atoms in total. The third kappa shape index (κ3) is 4.91. The van der Waals surface area contributed by atoms with Gasteiger partial charge in [0.05, 0.1) is 5.10 Å². The zero-order chi connectivity index (χ0) is 15.6. The summed E-state index contributed by atoms with van der Waals surface area (Å²) in [4.78, 5) is 27.1. The van der Waals surface area contributed by atoms with Crippen molar-refractivity contribution in [1.29, 1.82) is 0 Å². The van der Waals surface area contributed by atoms with Crippen molar-refractivity contribution in [2.24, 2.45) is 11.8 Å². The van der Waals surface area contributed by atoms with Crippen molar-refractivity contribution in [1.82, 2.24) is 15.4 Å². The average Bonchev–Trinajstić information content (AvgIpc) is 2.82. The number of H-pyrrole nitrogens is 1. The van der Waals surface area contributed by atoms with Crippen LogP contribution in [-0.2, 0) is 0 Å². The fraction of sp³-hybridized carbons (Fsp3) is 0.333. The first-order chi connectivity index (χ1) is 8.95. The van der Waals surface area contributed by atoms with Crippen molar-refractivity contribution >= 4 is 5.82 Å². The van der Waals surface area contributed by atoms with Gasteiger partial charge in [-0.15, -0.1) is 10.3 Å². The van der Waals surface area contributed by atoms with Gasteiger partial charge < -0.3 is 20.5 Å². The van der Waals surface area contributed by atoms with E-state index in [1.54, 1.807) is 5.21 Å². The first-order valence-electron chi connectivity index (χ1n) is 3.78. The number of hydrogen-bond acceptors (Lipinski definition) is 12. The monoisotopic (exact) mass is 284 g/mol. The number of hydrogen-bond donors (Lipinski definition) is 5. The Morgan fingerprint density at radius 1 is 1.00 bits per heavy atom. The van der Waals surface area contributed by atoms with Gasteiger partial charge in [-0.05, 0) is 4.92 Å². The summed E-state index contributed by atoms with van der Waals surface area (Å²) in [6.07, 6.45) is -2.50. The zero-order valence-corrected chi connectivity index (χ0v) is 8.81. The second kappa shape index (κ2) is 9.23. The van der Waals surface area contributed by atoms with Crippen LogP contribution in [0.1, 0.15) is 11.9 Å². The van der Waals surface area contributed by atoms with E-state index in [0.29, 0.717) is 0 Å². The molecule has 0 saturated heterocycles. The lowest BCUT2D eigenvalue weighted by atomic mass is 10.3. The second-order valence-corrected chi connectivity index (χ2v) is 2.23. The molecule has 0 amide bonds. The van der Waals surface area contributed by atoms with Gasteiger partial charge in [-0.25, -0.2) is 11.8 Å². The average molecular weight is 284 g/mol. The van der Waals surface area contributed by atoms with Gasteiger partial charge in [0.15, 0.2) is 0 Å². The highest BCUT2D eigenvalue weighted by Gasteiger charge is 2.45. The Labute approximate surface area is 102 Å². The molecule has 0 unspecified atom stereocenters. The summed E-state index contributed by atoms with van der Waals surface area (Å²) in [5.41, 5.74) is -0.935. The largest absolute Gasteiger partial charge is 0.503 e. The summed E-state index contributed by atoms with van der Waals surface area (Å²) in [6, 6.07) is 0. The Hall–Kier alpha value is -2.82. The highest BCUT2D eigenvalue weighted by Crippen LogP contribution is 2.22.